The third-order valence-electron chi connectivity index (χ3n) is 1.84. The predicted octanol–water partition coefficient (Wildman–Crippen LogP) is 0.768. The third-order valence-corrected chi connectivity index (χ3v) is 1.84. The molecule has 73 valence electrons. The molecule has 0 aromatic rings. The van der Waals surface area contributed by atoms with Gasteiger partial charge in [-0.15, -0.1) is 0 Å². The van der Waals surface area contributed by atoms with Gasteiger partial charge in [-0.3, -0.25) is 5.73 Å². The highest BCUT2D eigenvalue weighted by molar-refractivity contribution is 4.50. The molecular formula is C9H22N3. The van der Waals surface area contributed by atoms with E-state index < -0.39 is 0 Å². The number of nitrogens with one attached hydrogen (secondary N) is 2. The molecule has 0 spiro atoms. The molecule has 0 unspecified atom stereocenters. The minimum Gasteiger partial charge on any atom is -0.330 e. The minimum atomic E-state index is 0.542. The normalized spacial score (nSPS) is 10.5. The van der Waals surface area contributed by atoms with E-state index >= 15 is 0 Å². The molecule has 0 rings (SSSR count). The van der Waals surface area contributed by atoms with E-state index in [2.05, 4.69) is 5.32 Å². The second-order valence-corrected chi connectivity index (χ2v) is 3.06. The largest absolute Gasteiger partial charge is 0.330 e. The third kappa shape index (κ3) is 9.88. The molecular weight excluding hydrogens is 150 g/mol. The van der Waals surface area contributed by atoms with Gasteiger partial charge in [-0.05, 0) is 38.9 Å². The maximum absolute atomic E-state index is 6.92. The molecule has 0 saturated carbocycles. The van der Waals surface area contributed by atoms with Gasteiger partial charge < -0.3 is 11.1 Å². The zero-order valence-corrected chi connectivity index (χ0v) is 7.94. The van der Waals surface area contributed by atoms with Gasteiger partial charge in [-0.2, -0.15) is 0 Å². The van der Waals surface area contributed by atoms with Gasteiger partial charge in [0.25, 0.3) is 0 Å². The molecule has 0 fully saturated rings. The first-order chi connectivity index (χ1) is 5.91. The van der Waals surface area contributed by atoms with E-state index in [1.165, 1.54) is 19.3 Å². The van der Waals surface area contributed by atoms with Crippen molar-refractivity contribution in [3.63, 3.8) is 0 Å². The second-order valence-electron chi connectivity index (χ2n) is 3.06. The van der Waals surface area contributed by atoms with Gasteiger partial charge >= 0.3 is 0 Å². The fourth-order valence-corrected chi connectivity index (χ4v) is 1.09. The first kappa shape index (κ1) is 11.9. The van der Waals surface area contributed by atoms with Crippen LogP contribution in [-0.4, -0.2) is 26.2 Å². The molecule has 0 aliphatic carbocycles. The van der Waals surface area contributed by atoms with Gasteiger partial charge in [0, 0.05) is 6.54 Å². The van der Waals surface area contributed by atoms with E-state index in [-0.39, 0.29) is 0 Å². The van der Waals surface area contributed by atoms with E-state index in [1.54, 1.807) is 0 Å². The van der Waals surface area contributed by atoms with Crippen LogP contribution in [0.2, 0.25) is 0 Å². The van der Waals surface area contributed by atoms with Crippen LogP contribution in [0, 0.1) is 0 Å². The van der Waals surface area contributed by atoms with Crippen molar-refractivity contribution in [1.82, 2.24) is 11.1 Å². The van der Waals surface area contributed by atoms with E-state index in [0.717, 1.165) is 32.5 Å². The Balaban J connectivity index is 2.73. The Morgan fingerprint density at radius 3 is 2.25 bits per heavy atom. The summed E-state index contributed by atoms with van der Waals surface area (Å²) in [4.78, 5) is 0. The molecule has 0 atom stereocenters. The molecule has 1 radical (unpaired) electrons. The van der Waals surface area contributed by atoms with Crippen LogP contribution in [0.3, 0.4) is 0 Å². The van der Waals surface area contributed by atoms with Crippen LogP contribution in [0.5, 0.6) is 0 Å². The molecule has 0 saturated heterocycles. The smallest absolute Gasteiger partial charge is 0.0112 e. The Hall–Kier alpha value is -0.120. The lowest BCUT2D eigenvalue weighted by Gasteiger charge is -2.02. The number of nitrogens with two attached hydrogens (primary N) is 1. The average molecular weight is 172 g/mol. The summed E-state index contributed by atoms with van der Waals surface area (Å²) in [5, 5.41) is 3.31. The molecule has 0 aromatic heterocycles. The van der Waals surface area contributed by atoms with Crippen LogP contribution in [0.4, 0.5) is 0 Å². The predicted molar refractivity (Wildman–Crippen MR) is 53.0 cm³/mol. The lowest BCUT2D eigenvalue weighted by atomic mass is 10.2. The quantitative estimate of drug-likeness (QED) is 0.505. The van der Waals surface area contributed by atoms with Crippen molar-refractivity contribution in [2.45, 2.75) is 32.1 Å². The Bertz CT molecular complexity index is 66.2. The fraction of sp³-hybridized carbons (Fsp3) is 1.00. The first-order valence-electron chi connectivity index (χ1n) is 4.97. The molecule has 4 N–H and O–H groups in total. The van der Waals surface area contributed by atoms with Crippen molar-refractivity contribution in [3.8, 4) is 0 Å². The van der Waals surface area contributed by atoms with Crippen LogP contribution in [0.25, 0.3) is 0 Å². The second kappa shape index (κ2) is 10.9. The molecule has 0 aliphatic rings. The van der Waals surface area contributed by atoms with E-state index in [0.29, 0.717) is 6.54 Å². The maximum atomic E-state index is 6.92. The summed E-state index contributed by atoms with van der Waals surface area (Å²) in [5.41, 5.74) is 12.3. The van der Waals surface area contributed by atoms with Gasteiger partial charge in [0.1, 0.15) is 0 Å². The van der Waals surface area contributed by atoms with Crippen molar-refractivity contribution in [2.75, 3.05) is 26.2 Å². The minimum absolute atomic E-state index is 0.542. The van der Waals surface area contributed by atoms with Crippen molar-refractivity contribution < 1.29 is 0 Å². The SMILES string of the molecule is [NH]CCCNCCCCCCN. The highest BCUT2D eigenvalue weighted by Crippen LogP contribution is 1.96. The van der Waals surface area contributed by atoms with Gasteiger partial charge in [0.2, 0.25) is 0 Å². The Morgan fingerprint density at radius 2 is 1.58 bits per heavy atom. The molecule has 0 bridgehead atoms. The van der Waals surface area contributed by atoms with Gasteiger partial charge in [-0.1, -0.05) is 12.8 Å². The average Bonchev–Trinajstić information content (AvgIpc) is 2.10. The lowest BCUT2D eigenvalue weighted by Crippen LogP contribution is -2.17. The molecule has 3 nitrogen and oxygen atoms in total. The molecule has 0 aliphatic heterocycles. The van der Waals surface area contributed by atoms with Crippen LogP contribution < -0.4 is 16.8 Å². The number of unbranched alkanes of at least 4 members (excludes halogenated alkanes) is 3. The van der Waals surface area contributed by atoms with Crippen molar-refractivity contribution >= 4 is 0 Å². The van der Waals surface area contributed by atoms with Crippen LogP contribution >= 0.6 is 0 Å². The summed E-state index contributed by atoms with van der Waals surface area (Å²) < 4.78 is 0. The monoisotopic (exact) mass is 172 g/mol. The topological polar surface area (TPSA) is 61.8 Å². The summed E-state index contributed by atoms with van der Waals surface area (Å²) >= 11 is 0. The summed E-state index contributed by atoms with van der Waals surface area (Å²) in [6.45, 7) is 3.47. The van der Waals surface area contributed by atoms with Crippen LogP contribution in [0.15, 0.2) is 0 Å². The highest BCUT2D eigenvalue weighted by atomic mass is 14.8. The zero-order valence-electron chi connectivity index (χ0n) is 7.94. The lowest BCUT2D eigenvalue weighted by molar-refractivity contribution is 0.580. The molecule has 0 amide bonds. The maximum Gasteiger partial charge on any atom is 0.0112 e. The molecule has 0 heterocycles. The highest BCUT2D eigenvalue weighted by Gasteiger charge is 1.88. The molecule has 3 heteroatoms. The number of rotatable bonds is 9. The van der Waals surface area contributed by atoms with Crippen molar-refractivity contribution in [3.05, 3.63) is 0 Å². The van der Waals surface area contributed by atoms with Crippen LogP contribution in [0.1, 0.15) is 32.1 Å². The van der Waals surface area contributed by atoms with E-state index in [4.69, 9.17) is 11.5 Å². The van der Waals surface area contributed by atoms with Gasteiger partial charge in [-0.25, -0.2) is 0 Å². The Kier molecular flexibility index (Phi) is 10.8. The van der Waals surface area contributed by atoms with Crippen molar-refractivity contribution in [1.29, 1.82) is 0 Å². The van der Waals surface area contributed by atoms with E-state index in [9.17, 15) is 0 Å². The summed E-state index contributed by atoms with van der Waals surface area (Å²) in [7, 11) is 0. The summed E-state index contributed by atoms with van der Waals surface area (Å²) in [5.74, 6) is 0. The first-order valence-corrected chi connectivity index (χ1v) is 4.97. The number of hydrogen-bond donors (Lipinski definition) is 2. The molecule has 0 aromatic carbocycles. The number of hydrogen-bond acceptors (Lipinski definition) is 2. The summed E-state index contributed by atoms with van der Waals surface area (Å²) in [6.07, 6.45) is 5.93. The zero-order chi connectivity index (χ0) is 9.07. The van der Waals surface area contributed by atoms with Gasteiger partial charge in [0.15, 0.2) is 0 Å². The fourth-order valence-electron chi connectivity index (χ4n) is 1.09. The summed E-state index contributed by atoms with van der Waals surface area (Å²) in [6, 6.07) is 0. The standard InChI is InChI=1S/C9H22N3/c10-6-3-1-2-4-8-12-9-5-7-11/h11-12H,1-10H2. The van der Waals surface area contributed by atoms with E-state index in [1.807, 2.05) is 0 Å². The van der Waals surface area contributed by atoms with Crippen molar-refractivity contribution in [2.24, 2.45) is 5.73 Å². The Labute approximate surface area is 75.9 Å². The van der Waals surface area contributed by atoms with Crippen LogP contribution in [-0.2, 0) is 0 Å². The van der Waals surface area contributed by atoms with Gasteiger partial charge in [0.05, 0.1) is 0 Å². The Morgan fingerprint density at radius 1 is 0.917 bits per heavy atom. The molecule has 12 heavy (non-hydrogen) atoms.